The van der Waals surface area contributed by atoms with Crippen LogP contribution in [0.2, 0.25) is 0 Å². The van der Waals surface area contributed by atoms with E-state index in [9.17, 15) is 0 Å². The van der Waals surface area contributed by atoms with Crippen LogP contribution >= 0.6 is 0 Å². The molecular weight excluding hydrogens is 322 g/mol. The number of rotatable bonds is 6. The fraction of sp³-hybridized carbons (Fsp3) is 0.238. The number of benzene rings is 2. The van der Waals surface area contributed by atoms with Gasteiger partial charge in [0, 0.05) is 23.8 Å². The van der Waals surface area contributed by atoms with E-state index < -0.39 is 5.54 Å². The molecule has 0 fully saturated rings. The second-order valence-corrected chi connectivity index (χ2v) is 6.78. The van der Waals surface area contributed by atoms with E-state index in [4.69, 9.17) is 5.73 Å². The van der Waals surface area contributed by atoms with Gasteiger partial charge >= 0.3 is 0 Å². The van der Waals surface area contributed by atoms with Crippen molar-refractivity contribution < 1.29 is 0 Å². The van der Waals surface area contributed by atoms with E-state index >= 15 is 0 Å². The number of hydrogen-bond acceptors (Lipinski definition) is 5. The highest BCUT2D eigenvalue weighted by Gasteiger charge is 2.33. The van der Waals surface area contributed by atoms with E-state index in [2.05, 4.69) is 50.8 Å². The first-order valence-corrected chi connectivity index (χ1v) is 8.85. The lowest BCUT2D eigenvalue weighted by Gasteiger charge is -2.24. The molecule has 2 heterocycles. The van der Waals surface area contributed by atoms with Crippen molar-refractivity contribution in [2.75, 3.05) is 0 Å². The lowest BCUT2D eigenvalue weighted by Crippen LogP contribution is -2.29. The van der Waals surface area contributed by atoms with Crippen LogP contribution in [-0.2, 0) is 12.0 Å². The molecule has 26 heavy (non-hydrogen) atoms. The van der Waals surface area contributed by atoms with E-state index in [1.165, 1.54) is 5.56 Å². The standard InChI is InChI=1S/C21H21N5/c22-20(12-16-4-2-1-3-5-16)8-10-21(15-24-26-25-21)19-7-6-18-14-23-11-9-17(18)13-19/h1-7,9,11,13-15,20H,8,10,12,22H2/t20-,21?/m0/s1. The number of aromatic nitrogens is 1. The van der Waals surface area contributed by atoms with E-state index in [0.717, 1.165) is 35.6 Å². The minimum absolute atomic E-state index is 0.0723. The average Bonchev–Trinajstić information content (AvgIpc) is 3.17. The molecule has 2 aromatic carbocycles. The minimum Gasteiger partial charge on any atom is -0.327 e. The third kappa shape index (κ3) is 3.39. The fourth-order valence-corrected chi connectivity index (χ4v) is 3.42. The van der Waals surface area contributed by atoms with Crippen molar-refractivity contribution in [1.82, 2.24) is 4.98 Å². The maximum atomic E-state index is 6.39. The third-order valence-electron chi connectivity index (χ3n) is 4.92. The lowest BCUT2D eigenvalue weighted by molar-refractivity contribution is 0.476. The monoisotopic (exact) mass is 343 g/mol. The van der Waals surface area contributed by atoms with E-state index in [1.54, 1.807) is 6.20 Å². The number of pyridine rings is 1. The highest BCUT2D eigenvalue weighted by Crippen LogP contribution is 2.35. The molecular formula is C21H21N5. The van der Waals surface area contributed by atoms with Crippen LogP contribution < -0.4 is 5.73 Å². The van der Waals surface area contributed by atoms with Crippen molar-refractivity contribution in [1.29, 1.82) is 0 Å². The molecule has 130 valence electrons. The highest BCUT2D eigenvalue weighted by molar-refractivity contribution is 5.84. The van der Waals surface area contributed by atoms with Crippen molar-refractivity contribution in [3.63, 3.8) is 0 Å². The zero-order valence-electron chi connectivity index (χ0n) is 14.5. The van der Waals surface area contributed by atoms with Crippen LogP contribution in [0.1, 0.15) is 24.0 Å². The lowest BCUT2D eigenvalue weighted by atomic mass is 9.84. The van der Waals surface area contributed by atoms with Gasteiger partial charge in [0.05, 0.1) is 6.21 Å². The maximum absolute atomic E-state index is 6.39. The summed E-state index contributed by atoms with van der Waals surface area (Å²) in [5, 5.41) is 14.6. The van der Waals surface area contributed by atoms with Gasteiger partial charge in [-0.3, -0.25) is 4.98 Å². The number of hydrogen-bond donors (Lipinski definition) is 1. The summed E-state index contributed by atoms with van der Waals surface area (Å²) >= 11 is 0. The van der Waals surface area contributed by atoms with Crippen molar-refractivity contribution in [2.45, 2.75) is 30.8 Å². The average molecular weight is 343 g/mol. The normalized spacial score (nSPS) is 19.9. The summed E-state index contributed by atoms with van der Waals surface area (Å²) in [5.41, 5.74) is 8.21. The van der Waals surface area contributed by atoms with Crippen LogP contribution in [0.5, 0.6) is 0 Å². The van der Waals surface area contributed by atoms with E-state index in [0.29, 0.717) is 0 Å². The summed E-state index contributed by atoms with van der Waals surface area (Å²) in [6.07, 6.45) is 7.99. The molecule has 1 aromatic heterocycles. The predicted octanol–water partition coefficient (Wildman–Crippen LogP) is 4.23. The molecule has 0 saturated carbocycles. The summed E-state index contributed by atoms with van der Waals surface area (Å²) in [4.78, 5) is 4.17. The Bertz CT molecular complexity index is 937. The first kappa shape index (κ1) is 16.5. The molecule has 1 aliphatic heterocycles. The van der Waals surface area contributed by atoms with Crippen molar-refractivity contribution in [2.24, 2.45) is 21.2 Å². The van der Waals surface area contributed by atoms with Crippen LogP contribution in [-0.4, -0.2) is 17.2 Å². The van der Waals surface area contributed by atoms with Gasteiger partial charge in [0.1, 0.15) is 5.54 Å². The van der Waals surface area contributed by atoms with Crippen LogP contribution in [0, 0.1) is 0 Å². The molecule has 1 unspecified atom stereocenters. The summed E-state index contributed by atoms with van der Waals surface area (Å²) in [7, 11) is 0. The number of nitrogens with zero attached hydrogens (tertiary/aromatic N) is 4. The molecule has 0 saturated heterocycles. The Morgan fingerprint density at radius 2 is 1.88 bits per heavy atom. The first-order valence-electron chi connectivity index (χ1n) is 8.85. The van der Waals surface area contributed by atoms with Crippen LogP contribution in [0.15, 0.2) is 82.4 Å². The Kier molecular flexibility index (Phi) is 4.54. The summed E-state index contributed by atoms with van der Waals surface area (Å²) < 4.78 is 0. The van der Waals surface area contributed by atoms with E-state index in [1.807, 2.05) is 36.7 Å². The molecule has 0 aliphatic carbocycles. The molecule has 0 radical (unpaired) electrons. The molecule has 5 nitrogen and oxygen atoms in total. The van der Waals surface area contributed by atoms with Gasteiger partial charge in [0.15, 0.2) is 0 Å². The van der Waals surface area contributed by atoms with Crippen molar-refractivity contribution >= 4 is 17.0 Å². The number of nitrogens with two attached hydrogens (primary N) is 1. The number of fused-ring (bicyclic) bond motifs is 1. The fourth-order valence-electron chi connectivity index (χ4n) is 3.42. The molecule has 0 amide bonds. The second-order valence-electron chi connectivity index (χ2n) is 6.78. The van der Waals surface area contributed by atoms with Gasteiger partial charge in [0.2, 0.25) is 0 Å². The zero-order valence-corrected chi connectivity index (χ0v) is 14.5. The third-order valence-corrected chi connectivity index (χ3v) is 4.92. The van der Waals surface area contributed by atoms with Crippen LogP contribution in [0.25, 0.3) is 10.8 Å². The van der Waals surface area contributed by atoms with Gasteiger partial charge in [-0.15, -0.1) is 5.10 Å². The maximum Gasteiger partial charge on any atom is 0.145 e. The van der Waals surface area contributed by atoms with E-state index in [-0.39, 0.29) is 6.04 Å². The Morgan fingerprint density at radius 1 is 1.00 bits per heavy atom. The quantitative estimate of drug-likeness (QED) is 0.727. The second kappa shape index (κ2) is 7.14. The van der Waals surface area contributed by atoms with Gasteiger partial charge in [-0.25, -0.2) is 0 Å². The Hall–Kier alpha value is -2.92. The Labute approximate surface area is 152 Å². The van der Waals surface area contributed by atoms with Gasteiger partial charge in [0.25, 0.3) is 0 Å². The molecule has 1 aliphatic rings. The summed E-state index contributed by atoms with van der Waals surface area (Å²) in [6.45, 7) is 0. The molecule has 0 bridgehead atoms. The van der Waals surface area contributed by atoms with Gasteiger partial charge in [-0.1, -0.05) is 42.5 Å². The smallest absolute Gasteiger partial charge is 0.145 e. The topological polar surface area (TPSA) is 76.0 Å². The zero-order chi connectivity index (χ0) is 17.8. The minimum atomic E-state index is -0.522. The molecule has 2 N–H and O–H groups in total. The highest BCUT2D eigenvalue weighted by atomic mass is 15.4. The summed E-state index contributed by atoms with van der Waals surface area (Å²) in [5.74, 6) is 0. The summed E-state index contributed by atoms with van der Waals surface area (Å²) in [6, 6.07) is 18.7. The Balaban J connectivity index is 1.53. The van der Waals surface area contributed by atoms with Gasteiger partial charge in [-0.2, -0.15) is 5.11 Å². The van der Waals surface area contributed by atoms with Gasteiger partial charge in [-0.05, 0) is 53.1 Å². The predicted molar refractivity (Wildman–Crippen MR) is 104 cm³/mol. The molecule has 2 atom stereocenters. The molecule has 5 heteroatoms. The largest absolute Gasteiger partial charge is 0.327 e. The van der Waals surface area contributed by atoms with Gasteiger partial charge < -0.3 is 5.73 Å². The van der Waals surface area contributed by atoms with Crippen LogP contribution in [0.3, 0.4) is 0 Å². The van der Waals surface area contributed by atoms with Crippen LogP contribution in [0.4, 0.5) is 0 Å². The molecule has 4 rings (SSSR count). The SMILES string of the molecule is N[C@@H](CCC1(c2ccc3cnccc3c2)C=NN=N1)Cc1ccccc1. The first-order chi connectivity index (χ1) is 12.8. The molecule has 0 spiro atoms. The van der Waals surface area contributed by atoms with Crippen molar-refractivity contribution in [3.05, 3.63) is 78.1 Å². The molecule has 3 aromatic rings. The van der Waals surface area contributed by atoms with Crippen molar-refractivity contribution in [3.8, 4) is 0 Å². The Morgan fingerprint density at radius 3 is 2.69 bits per heavy atom.